The SMILES string of the molecule is CCc1cc(CC)n(C(c2ccc(F)cc2)C(N)CC)n1. The lowest BCUT2D eigenvalue weighted by Crippen LogP contribution is -2.34. The molecule has 0 bridgehead atoms. The molecule has 1 aromatic heterocycles. The Morgan fingerprint density at radius 2 is 1.81 bits per heavy atom. The lowest BCUT2D eigenvalue weighted by molar-refractivity contribution is 0.411. The van der Waals surface area contributed by atoms with Crippen LogP contribution in [0.4, 0.5) is 4.39 Å². The van der Waals surface area contributed by atoms with E-state index in [9.17, 15) is 4.39 Å². The van der Waals surface area contributed by atoms with E-state index < -0.39 is 0 Å². The minimum absolute atomic E-state index is 0.0501. The van der Waals surface area contributed by atoms with E-state index in [2.05, 4.69) is 26.8 Å². The molecule has 0 spiro atoms. The zero-order valence-corrected chi connectivity index (χ0v) is 13.0. The van der Waals surface area contributed by atoms with Crippen LogP contribution in [0.1, 0.15) is 50.2 Å². The number of halogens is 1. The van der Waals surface area contributed by atoms with Crippen molar-refractivity contribution < 1.29 is 4.39 Å². The van der Waals surface area contributed by atoms with Crippen molar-refractivity contribution in [2.45, 2.75) is 52.1 Å². The van der Waals surface area contributed by atoms with Gasteiger partial charge in [0.2, 0.25) is 0 Å². The molecule has 0 radical (unpaired) electrons. The van der Waals surface area contributed by atoms with Crippen LogP contribution in [0.2, 0.25) is 0 Å². The van der Waals surface area contributed by atoms with E-state index in [-0.39, 0.29) is 17.9 Å². The highest BCUT2D eigenvalue weighted by Gasteiger charge is 2.23. The predicted octanol–water partition coefficient (Wildman–Crippen LogP) is 3.47. The molecule has 21 heavy (non-hydrogen) atoms. The van der Waals surface area contributed by atoms with Crippen molar-refractivity contribution in [2.75, 3.05) is 0 Å². The molecule has 2 atom stereocenters. The third-order valence-corrected chi connectivity index (χ3v) is 3.94. The number of nitrogens with zero attached hydrogens (tertiary/aromatic N) is 2. The Hall–Kier alpha value is -1.68. The Morgan fingerprint density at radius 1 is 1.14 bits per heavy atom. The van der Waals surface area contributed by atoms with Gasteiger partial charge in [-0.15, -0.1) is 0 Å². The van der Waals surface area contributed by atoms with Crippen molar-refractivity contribution in [3.63, 3.8) is 0 Å². The first-order chi connectivity index (χ1) is 10.1. The number of benzene rings is 1. The third kappa shape index (κ3) is 3.32. The molecule has 0 amide bonds. The second-order valence-electron chi connectivity index (χ2n) is 5.35. The van der Waals surface area contributed by atoms with Crippen molar-refractivity contribution in [2.24, 2.45) is 5.73 Å². The van der Waals surface area contributed by atoms with Crippen LogP contribution in [-0.4, -0.2) is 15.8 Å². The average molecular weight is 289 g/mol. The maximum atomic E-state index is 13.2. The summed E-state index contributed by atoms with van der Waals surface area (Å²) >= 11 is 0. The normalized spacial score (nSPS) is 14.1. The molecular weight excluding hydrogens is 265 g/mol. The van der Waals surface area contributed by atoms with Crippen LogP contribution in [0.5, 0.6) is 0 Å². The second kappa shape index (κ2) is 6.85. The highest BCUT2D eigenvalue weighted by Crippen LogP contribution is 2.25. The van der Waals surface area contributed by atoms with Crippen LogP contribution in [0, 0.1) is 5.82 Å². The van der Waals surface area contributed by atoms with E-state index in [0.717, 1.165) is 30.5 Å². The monoisotopic (exact) mass is 289 g/mol. The smallest absolute Gasteiger partial charge is 0.123 e. The summed E-state index contributed by atoms with van der Waals surface area (Å²) in [5, 5.41) is 4.71. The fraction of sp³-hybridized carbons (Fsp3) is 0.471. The van der Waals surface area contributed by atoms with E-state index in [1.54, 1.807) is 0 Å². The minimum Gasteiger partial charge on any atom is -0.326 e. The van der Waals surface area contributed by atoms with Gasteiger partial charge in [0.05, 0.1) is 11.7 Å². The van der Waals surface area contributed by atoms with Gasteiger partial charge in [-0.05, 0) is 43.0 Å². The summed E-state index contributed by atoms with van der Waals surface area (Å²) in [5.41, 5.74) is 9.59. The number of aryl methyl sites for hydroxylation is 2. The van der Waals surface area contributed by atoms with Gasteiger partial charge in [0.25, 0.3) is 0 Å². The highest BCUT2D eigenvalue weighted by atomic mass is 19.1. The van der Waals surface area contributed by atoms with Crippen LogP contribution in [0.15, 0.2) is 30.3 Å². The number of nitrogens with two attached hydrogens (primary N) is 1. The molecule has 2 N–H and O–H groups in total. The summed E-state index contributed by atoms with van der Waals surface area (Å²) in [4.78, 5) is 0. The second-order valence-corrected chi connectivity index (χ2v) is 5.35. The van der Waals surface area contributed by atoms with Gasteiger partial charge in [-0.25, -0.2) is 4.39 Å². The van der Waals surface area contributed by atoms with E-state index in [0.29, 0.717) is 0 Å². The summed E-state index contributed by atoms with van der Waals surface area (Å²) in [6.07, 6.45) is 2.64. The maximum absolute atomic E-state index is 13.2. The summed E-state index contributed by atoms with van der Waals surface area (Å²) in [6, 6.07) is 8.63. The Labute approximate surface area is 126 Å². The molecule has 0 aliphatic heterocycles. The number of aromatic nitrogens is 2. The molecule has 0 fully saturated rings. The lowest BCUT2D eigenvalue weighted by Gasteiger charge is -2.25. The summed E-state index contributed by atoms with van der Waals surface area (Å²) < 4.78 is 15.2. The first-order valence-electron chi connectivity index (χ1n) is 7.69. The van der Waals surface area contributed by atoms with Crippen molar-refractivity contribution in [1.29, 1.82) is 0 Å². The Balaban J connectivity index is 2.49. The minimum atomic E-state index is -0.229. The zero-order valence-electron chi connectivity index (χ0n) is 13.0. The first kappa shape index (κ1) is 15.7. The van der Waals surface area contributed by atoms with Crippen LogP contribution < -0.4 is 5.73 Å². The van der Waals surface area contributed by atoms with Gasteiger partial charge in [-0.1, -0.05) is 32.9 Å². The average Bonchev–Trinajstić information content (AvgIpc) is 2.92. The Morgan fingerprint density at radius 3 is 2.33 bits per heavy atom. The fourth-order valence-corrected chi connectivity index (χ4v) is 2.62. The van der Waals surface area contributed by atoms with Crippen molar-refractivity contribution in [3.8, 4) is 0 Å². The van der Waals surface area contributed by atoms with Crippen LogP contribution >= 0.6 is 0 Å². The molecule has 0 aliphatic carbocycles. The molecule has 0 saturated carbocycles. The fourth-order valence-electron chi connectivity index (χ4n) is 2.62. The van der Waals surface area contributed by atoms with Gasteiger partial charge in [-0.3, -0.25) is 4.68 Å². The van der Waals surface area contributed by atoms with E-state index in [1.807, 2.05) is 16.8 Å². The zero-order chi connectivity index (χ0) is 15.4. The quantitative estimate of drug-likeness (QED) is 0.885. The maximum Gasteiger partial charge on any atom is 0.123 e. The molecule has 1 heterocycles. The Kier molecular flexibility index (Phi) is 5.12. The van der Waals surface area contributed by atoms with Gasteiger partial charge in [0.15, 0.2) is 0 Å². The number of rotatable bonds is 6. The molecule has 2 aromatic rings. The van der Waals surface area contributed by atoms with Crippen LogP contribution in [0.25, 0.3) is 0 Å². The topological polar surface area (TPSA) is 43.8 Å². The molecule has 4 heteroatoms. The van der Waals surface area contributed by atoms with Gasteiger partial charge < -0.3 is 5.73 Å². The molecule has 0 saturated heterocycles. The van der Waals surface area contributed by atoms with Gasteiger partial charge >= 0.3 is 0 Å². The molecule has 1 aromatic carbocycles. The van der Waals surface area contributed by atoms with Crippen molar-refractivity contribution >= 4 is 0 Å². The summed E-state index contributed by atoms with van der Waals surface area (Å²) in [5.74, 6) is -0.229. The lowest BCUT2D eigenvalue weighted by atomic mass is 9.97. The first-order valence-corrected chi connectivity index (χ1v) is 7.69. The van der Waals surface area contributed by atoms with E-state index in [4.69, 9.17) is 10.8 Å². The van der Waals surface area contributed by atoms with Gasteiger partial charge in [0.1, 0.15) is 5.82 Å². The summed E-state index contributed by atoms with van der Waals surface area (Å²) in [6.45, 7) is 6.28. The van der Waals surface area contributed by atoms with Crippen LogP contribution in [0.3, 0.4) is 0 Å². The van der Waals surface area contributed by atoms with E-state index in [1.165, 1.54) is 17.8 Å². The third-order valence-electron chi connectivity index (χ3n) is 3.94. The van der Waals surface area contributed by atoms with Gasteiger partial charge in [-0.2, -0.15) is 5.10 Å². The summed E-state index contributed by atoms with van der Waals surface area (Å²) in [7, 11) is 0. The van der Waals surface area contributed by atoms with Crippen molar-refractivity contribution in [3.05, 3.63) is 53.1 Å². The Bertz CT molecular complexity index is 574. The van der Waals surface area contributed by atoms with Crippen molar-refractivity contribution in [1.82, 2.24) is 9.78 Å². The molecular formula is C17H24FN3. The van der Waals surface area contributed by atoms with Crippen LogP contribution in [-0.2, 0) is 12.8 Å². The highest BCUT2D eigenvalue weighted by molar-refractivity contribution is 5.24. The standard InChI is InChI=1S/C17H24FN3/c1-4-14-11-15(5-2)21(20-14)17(16(19)6-3)12-7-9-13(18)10-8-12/h7-11,16-17H,4-6,19H2,1-3H3. The molecule has 114 valence electrons. The van der Waals surface area contributed by atoms with E-state index >= 15 is 0 Å². The molecule has 0 aliphatic rings. The molecule has 2 rings (SSSR count). The number of hydrogen-bond donors (Lipinski definition) is 1. The predicted molar refractivity (Wildman–Crippen MR) is 83.8 cm³/mol. The largest absolute Gasteiger partial charge is 0.326 e. The molecule has 2 unspecified atom stereocenters. The van der Waals surface area contributed by atoms with Gasteiger partial charge in [0, 0.05) is 11.7 Å². The molecule has 3 nitrogen and oxygen atoms in total. The number of hydrogen-bond acceptors (Lipinski definition) is 2.